The maximum absolute atomic E-state index is 13.4. The lowest BCUT2D eigenvalue weighted by Gasteiger charge is -2.45. The molecule has 162 valence electrons. The first kappa shape index (κ1) is 21.0. The highest BCUT2D eigenvalue weighted by molar-refractivity contribution is 5.79. The fourth-order valence-corrected chi connectivity index (χ4v) is 5.24. The summed E-state index contributed by atoms with van der Waals surface area (Å²) in [6, 6.07) is 5.54. The second kappa shape index (κ2) is 7.77. The Balaban J connectivity index is 1.59. The fraction of sp³-hybridized carbons (Fsp3) is 0.636. The molecule has 8 heteroatoms. The Bertz CT molecular complexity index is 862. The third kappa shape index (κ3) is 3.64. The number of nitriles is 1. The second-order valence-corrected chi connectivity index (χ2v) is 8.89. The summed E-state index contributed by atoms with van der Waals surface area (Å²) in [6.45, 7) is 2.90. The number of hydrogen-bond donors (Lipinski definition) is 0. The molecule has 2 saturated heterocycles. The summed E-state index contributed by atoms with van der Waals surface area (Å²) in [5.74, 6) is 0.589. The number of hydrogen-bond acceptors (Lipinski definition) is 4. The van der Waals surface area contributed by atoms with E-state index in [1.807, 2.05) is 9.80 Å². The molecule has 3 aliphatic rings. The average molecular weight is 421 g/mol. The van der Waals surface area contributed by atoms with Gasteiger partial charge in [-0.25, -0.2) is 0 Å². The lowest BCUT2D eigenvalue weighted by Crippen LogP contribution is -2.54. The summed E-state index contributed by atoms with van der Waals surface area (Å²) in [4.78, 5) is 16.7. The highest BCUT2D eigenvalue weighted by Gasteiger charge is 2.51. The molecule has 0 N–H and O–H groups in total. The van der Waals surface area contributed by atoms with Gasteiger partial charge in [0.1, 0.15) is 0 Å². The number of halogens is 3. The molecule has 0 radical (unpaired) electrons. The number of carbonyl (C=O) groups excluding carboxylic acids is 1. The number of methoxy groups -OCH3 is 1. The third-order valence-electron chi connectivity index (χ3n) is 7.06. The molecular formula is C22H26F3N3O2. The van der Waals surface area contributed by atoms with E-state index in [9.17, 15) is 18.0 Å². The van der Waals surface area contributed by atoms with Crippen LogP contribution in [0.3, 0.4) is 0 Å². The first-order chi connectivity index (χ1) is 14.3. The minimum atomic E-state index is -4.58. The van der Waals surface area contributed by atoms with Gasteiger partial charge in [0, 0.05) is 50.3 Å². The van der Waals surface area contributed by atoms with Crippen LogP contribution < -0.4 is 4.90 Å². The van der Waals surface area contributed by atoms with Crippen molar-refractivity contribution in [3.63, 3.8) is 0 Å². The van der Waals surface area contributed by atoms with Crippen molar-refractivity contribution in [1.82, 2.24) is 4.90 Å². The van der Waals surface area contributed by atoms with Crippen molar-refractivity contribution in [2.45, 2.75) is 31.9 Å². The van der Waals surface area contributed by atoms with Crippen molar-refractivity contribution in [1.29, 1.82) is 5.26 Å². The molecule has 5 nitrogen and oxygen atoms in total. The lowest BCUT2D eigenvalue weighted by atomic mass is 9.73. The molecule has 0 aromatic heterocycles. The molecule has 4 rings (SSSR count). The fourth-order valence-electron chi connectivity index (χ4n) is 5.24. The molecule has 2 aliphatic heterocycles. The Morgan fingerprint density at radius 2 is 2.07 bits per heavy atom. The van der Waals surface area contributed by atoms with Crippen LogP contribution in [0.25, 0.3) is 0 Å². The van der Waals surface area contributed by atoms with Gasteiger partial charge in [-0.2, -0.15) is 18.4 Å². The van der Waals surface area contributed by atoms with E-state index in [4.69, 9.17) is 10.00 Å². The van der Waals surface area contributed by atoms with Crippen LogP contribution in [-0.4, -0.2) is 50.7 Å². The van der Waals surface area contributed by atoms with Gasteiger partial charge < -0.3 is 14.5 Å². The number of benzene rings is 1. The molecule has 1 aromatic rings. The Kier molecular flexibility index (Phi) is 5.43. The molecule has 3 fully saturated rings. The van der Waals surface area contributed by atoms with Gasteiger partial charge in [0.05, 0.1) is 23.8 Å². The molecule has 30 heavy (non-hydrogen) atoms. The topological polar surface area (TPSA) is 56.6 Å². The summed E-state index contributed by atoms with van der Waals surface area (Å²) < 4.78 is 45.8. The Morgan fingerprint density at radius 1 is 1.30 bits per heavy atom. The van der Waals surface area contributed by atoms with Crippen LogP contribution in [0.15, 0.2) is 18.2 Å². The smallest absolute Gasteiger partial charge is 0.384 e. The standard InChI is InChI=1S/C22H26F3N3O2/c1-30-14-21-12-27(20(29)15-3-2-4-15)8-7-17(21)11-28(13-21)18-6-5-16(10-26)19(9-18)22(23,24)25/h5-6,9,15,17H,2-4,7-8,11-14H2,1H3/t17-,21+/m1/s1. The van der Waals surface area contributed by atoms with Crippen LogP contribution in [0, 0.1) is 28.6 Å². The molecule has 0 bridgehead atoms. The minimum Gasteiger partial charge on any atom is -0.384 e. The van der Waals surface area contributed by atoms with Crippen LogP contribution in [0.5, 0.6) is 0 Å². The largest absolute Gasteiger partial charge is 0.417 e. The SMILES string of the molecule is COC[C@@]12CN(C(=O)C3CCC3)CC[C@@H]1CN(c1ccc(C#N)c(C(F)(F)F)c1)C2. The van der Waals surface area contributed by atoms with E-state index in [-0.39, 0.29) is 28.7 Å². The number of likely N-dealkylation sites (tertiary alicyclic amines) is 1. The van der Waals surface area contributed by atoms with Crippen molar-refractivity contribution in [3.05, 3.63) is 29.3 Å². The van der Waals surface area contributed by atoms with Gasteiger partial charge in [-0.1, -0.05) is 6.42 Å². The molecule has 2 atom stereocenters. The summed E-state index contributed by atoms with van der Waals surface area (Å²) in [5.41, 5.74) is -1.10. The van der Waals surface area contributed by atoms with Gasteiger partial charge in [-0.15, -0.1) is 0 Å². The molecule has 1 saturated carbocycles. The predicted octanol–water partition coefficient (Wildman–Crippen LogP) is 3.68. The van der Waals surface area contributed by atoms with Gasteiger partial charge in [0.15, 0.2) is 0 Å². The first-order valence-electron chi connectivity index (χ1n) is 10.4. The van der Waals surface area contributed by atoms with Gasteiger partial charge in [0.25, 0.3) is 0 Å². The average Bonchev–Trinajstić information content (AvgIpc) is 3.04. The van der Waals surface area contributed by atoms with Gasteiger partial charge >= 0.3 is 6.18 Å². The van der Waals surface area contributed by atoms with Crippen LogP contribution in [0.4, 0.5) is 18.9 Å². The van der Waals surface area contributed by atoms with Crippen LogP contribution >= 0.6 is 0 Å². The third-order valence-corrected chi connectivity index (χ3v) is 7.06. The van der Waals surface area contributed by atoms with Crippen molar-refractivity contribution >= 4 is 11.6 Å². The predicted molar refractivity (Wildman–Crippen MR) is 105 cm³/mol. The van der Waals surface area contributed by atoms with Crippen molar-refractivity contribution in [2.75, 3.05) is 44.8 Å². The zero-order valence-corrected chi connectivity index (χ0v) is 17.0. The van der Waals surface area contributed by atoms with E-state index >= 15 is 0 Å². The number of carbonyl (C=O) groups is 1. The van der Waals surface area contributed by atoms with Crippen LogP contribution in [0.1, 0.15) is 36.8 Å². The number of rotatable bonds is 4. The molecule has 1 amide bonds. The summed E-state index contributed by atoms with van der Waals surface area (Å²) >= 11 is 0. The number of alkyl halides is 3. The van der Waals surface area contributed by atoms with Crippen molar-refractivity contribution in [2.24, 2.45) is 17.3 Å². The Hall–Kier alpha value is -2.27. The van der Waals surface area contributed by atoms with Crippen LogP contribution in [0.2, 0.25) is 0 Å². The molecule has 2 heterocycles. The highest BCUT2D eigenvalue weighted by Crippen LogP contribution is 2.45. The number of amides is 1. The zero-order valence-electron chi connectivity index (χ0n) is 17.0. The van der Waals surface area contributed by atoms with E-state index in [0.717, 1.165) is 31.7 Å². The van der Waals surface area contributed by atoms with Gasteiger partial charge in [0.2, 0.25) is 5.91 Å². The molecule has 0 unspecified atom stereocenters. The summed E-state index contributed by atoms with van der Waals surface area (Å²) in [6.07, 6.45) is -0.754. The van der Waals surface area contributed by atoms with E-state index in [2.05, 4.69) is 0 Å². The Morgan fingerprint density at radius 3 is 2.67 bits per heavy atom. The van der Waals surface area contributed by atoms with Crippen molar-refractivity contribution in [3.8, 4) is 6.07 Å². The van der Waals surface area contributed by atoms with Crippen molar-refractivity contribution < 1.29 is 22.7 Å². The monoisotopic (exact) mass is 421 g/mol. The summed E-state index contributed by atoms with van der Waals surface area (Å²) in [5, 5.41) is 9.05. The Labute approximate surface area is 174 Å². The number of ether oxygens (including phenoxy) is 1. The molecular weight excluding hydrogens is 395 g/mol. The van der Waals surface area contributed by atoms with Gasteiger partial charge in [-0.3, -0.25) is 4.79 Å². The normalized spacial score (nSPS) is 26.8. The number of piperidine rings is 1. The van der Waals surface area contributed by atoms with E-state index in [0.29, 0.717) is 38.5 Å². The maximum Gasteiger partial charge on any atom is 0.417 e. The van der Waals surface area contributed by atoms with E-state index in [1.165, 1.54) is 6.07 Å². The molecule has 1 aromatic carbocycles. The van der Waals surface area contributed by atoms with E-state index < -0.39 is 11.7 Å². The van der Waals surface area contributed by atoms with Crippen LogP contribution in [-0.2, 0) is 15.7 Å². The zero-order chi connectivity index (χ0) is 21.5. The first-order valence-corrected chi connectivity index (χ1v) is 10.4. The molecule has 0 spiro atoms. The van der Waals surface area contributed by atoms with Gasteiger partial charge in [-0.05, 0) is 43.4 Å². The van der Waals surface area contributed by atoms with E-state index in [1.54, 1.807) is 19.2 Å². The lowest BCUT2D eigenvalue weighted by molar-refractivity contribution is -0.143. The molecule has 1 aliphatic carbocycles. The maximum atomic E-state index is 13.4. The second-order valence-electron chi connectivity index (χ2n) is 8.89. The minimum absolute atomic E-state index is 0.131. The number of nitrogens with zero attached hydrogens (tertiary/aromatic N) is 3. The quantitative estimate of drug-likeness (QED) is 0.744. The highest BCUT2D eigenvalue weighted by atomic mass is 19.4. The number of anilines is 1. The number of fused-ring (bicyclic) bond motifs is 1. The summed E-state index contributed by atoms with van der Waals surface area (Å²) in [7, 11) is 1.63.